The number of hydrogen-bond donors (Lipinski definition) is 1. The first kappa shape index (κ1) is 19.8. The third kappa shape index (κ3) is 4.84. The Morgan fingerprint density at radius 1 is 1.19 bits per heavy atom. The molecule has 0 saturated heterocycles. The van der Waals surface area contributed by atoms with E-state index in [1.807, 2.05) is 25.2 Å². The molecule has 3 rings (SSSR count). The van der Waals surface area contributed by atoms with E-state index in [0.717, 1.165) is 21.5 Å². The van der Waals surface area contributed by atoms with Gasteiger partial charge in [-0.1, -0.05) is 24.3 Å². The molecule has 0 spiro atoms. The van der Waals surface area contributed by atoms with Crippen molar-refractivity contribution in [1.82, 2.24) is 9.10 Å². The fourth-order valence-corrected chi connectivity index (χ4v) is 4.79. The van der Waals surface area contributed by atoms with E-state index in [-0.39, 0.29) is 4.90 Å². The monoisotopic (exact) mass is 405 g/mol. The van der Waals surface area contributed by atoms with Crippen LogP contribution in [0.15, 0.2) is 53.4 Å². The van der Waals surface area contributed by atoms with Crippen molar-refractivity contribution in [2.75, 3.05) is 32.1 Å². The first-order valence-electron chi connectivity index (χ1n) is 8.64. The van der Waals surface area contributed by atoms with Gasteiger partial charge < -0.3 is 9.64 Å². The average molecular weight is 406 g/mol. The highest BCUT2D eigenvalue weighted by molar-refractivity contribution is 7.89. The fourth-order valence-electron chi connectivity index (χ4n) is 2.83. The van der Waals surface area contributed by atoms with Crippen LogP contribution in [-0.4, -0.2) is 40.0 Å². The van der Waals surface area contributed by atoms with E-state index < -0.39 is 10.0 Å². The summed E-state index contributed by atoms with van der Waals surface area (Å²) in [5.74, 6) is 0.936. The van der Waals surface area contributed by atoms with Crippen LogP contribution in [0.4, 0.5) is 5.82 Å². The van der Waals surface area contributed by atoms with Crippen molar-refractivity contribution in [2.24, 2.45) is 0 Å². The van der Waals surface area contributed by atoms with Gasteiger partial charge in [0.2, 0.25) is 10.0 Å². The molecule has 2 aromatic carbocycles. The minimum Gasteiger partial charge on any atom is -0.380 e. The van der Waals surface area contributed by atoms with Gasteiger partial charge in [-0.2, -0.15) is 4.37 Å². The normalized spacial score (nSPS) is 11.8. The number of nitrogens with one attached hydrogen (secondary N) is 1. The van der Waals surface area contributed by atoms with Crippen LogP contribution in [-0.2, 0) is 21.4 Å². The van der Waals surface area contributed by atoms with Crippen molar-refractivity contribution in [3.63, 3.8) is 0 Å². The fraction of sp³-hybridized carbons (Fsp3) is 0.316. The first-order chi connectivity index (χ1) is 13.0. The number of hydrogen-bond acceptors (Lipinski definition) is 6. The molecular weight excluding hydrogens is 382 g/mol. The number of anilines is 1. The van der Waals surface area contributed by atoms with Crippen LogP contribution in [0.5, 0.6) is 0 Å². The van der Waals surface area contributed by atoms with Crippen LogP contribution in [0.2, 0.25) is 0 Å². The van der Waals surface area contributed by atoms with Crippen molar-refractivity contribution in [3.05, 3.63) is 54.1 Å². The number of benzene rings is 2. The number of aromatic nitrogens is 1. The van der Waals surface area contributed by atoms with Gasteiger partial charge in [-0.25, -0.2) is 13.1 Å². The summed E-state index contributed by atoms with van der Waals surface area (Å²) in [5.41, 5.74) is 0.829. The van der Waals surface area contributed by atoms with E-state index >= 15 is 0 Å². The molecule has 6 nitrogen and oxygen atoms in total. The molecule has 0 amide bonds. The molecule has 0 atom stereocenters. The van der Waals surface area contributed by atoms with Crippen LogP contribution >= 0.6 is 11.5 Å². The summed E-state index contributed by atoms with van der Waals surface area (Å²) in [6, 6.07) is 14.9. The van der Waals surface area contributed by atoms with Gasteiger partial charge in [-0.3, -0.25) is 0 Å². The predicted molar refractivity (Wildman–Crippen MR) is 110 cm³/mol. The number of ether oxygens (including phenoxy) is 1. The summed E-state index contributed by atoms with van der Waals surface area (Å²) < 4.78 is 38.3. The van der Waals surface area contributed by atoms with Crippen LogP contribution in [0.3, 0.4) is 0 Å². The Bertz CT molecular complexity index is 1000. The summed E-state index contributed by atoms with van der Waals surface area (Å²) in [6.07, 6.45) is 0.680. The number of rotatable bonds is 9. The molecule has 1 aromatic heterocycles. The van der Waals surface area contributed by atoms with Gasteiger partial charge in [-0.15, -0.1) is 0 Å². The van der Waals surface area contributed by atoms with Crippen LogP contribution in [0.25, 0.3) is 10.1 Å². The Morgan fingerprint density at radius 3 is 2.81 bits per heavy atom. The van der Waals surface area contributed by atoms with Gasteiger partial charge >= 0.3 is 0 Å². The highest BCUT2D eigenvalue weighted by Crippen LogP contribution is 2.28. The third-order valence-electron chi connectivity index (χ3n) is 4.20. The van der Waals surface area contributed by atoms with E-state index in [1.165, 1.54) is 11.5 Å². The predicted octanol–water partition coefficient (Wildman–Crippen LogP) is 3.25. The van der Waals surface area contributed by atoms with Crippen LogP contribution in [0, 0.1) is 0 Å². The molecule has 0 saturated carbocycles. The maximum atomic E-state index is 12.5. The molecule has 8 heteroatoms. The van der Waals surface area contributed by atoms with E-state index in [1.54, 1.807) is 25.3 Å². The average Bonchev–Trinajstić information content (AvgIpc) is 3.10. The standard InChI is InChI=1S/C19H23N3O3S2/c1-22(19-17-9-3-4-10-18(17)26-21-19)12-6-11-20-27(23,24)16-8-5-7-15(13-16)14-25-2/h3-5,7-10,13,20H,6,11-12,14H2,1-2H3. The first-order valence-corrected chi connectivity index (χ1v) is 10.9. The highest BCUT2D eigenvalue weighted by Gasteiger charge is 2.14. The summed E-state index contributed by atoms with van der Waals surface area (Å²) in [6.45, 7) is 1.46. The van der Waals surface area contributed by atoms with Crippen molar-refractivity contribution in [3.8, 4) is 0 Å². The molecule has 0 unspecified atom stereocenters. The Hall–Kier alpha value is -2.00. The lowest BCUT2D eigenvalue weighted by Crippen LogP contribution is -2.28. The van der Waals surface area contributed by atoms with E-state index in [4.69, 9.17) is 4.74 Å². The lowest BCUT2D eigenvalue weighted by Gasteiger charge is -2.17. The summed E-state index contributed by atoms with van der Waals surface area (Å²) >= 11 is 1.47. The van der Waals surface area contributed by atoms with E-state index in [2.05, 4.69) is 26.1 Å². The molecule has 144 valence electrons. The molecule has 3 aromatic rings. The Labute approximate surface area is 164 Å². The van der Waals surface area contributed by atoms with Gasteiger partial charge in [0.05, 0.1) is 16.2 Å². The second-order valence-corrected chi connectivity index (χ2v) is 8.83. The van der Waals surface area contributed by atoms with Crippen LogP contribution in [0.1, 0.15) is 12.0 Å². The Kier molecular flexibility index (Phi) is 6.43. The molecule has 1 N–H and O–H groups in total. The number of methoxy groups -OCH3 is 1. The van der Waals surface area contributed by atoms with Gasteiger partial charge in [0.15, 0.2) is 0 Å². The highest BCUT2D eigenvalue weighted by atomic mass is 32.2. The smallest absolute Gasteiger partial charge is 0.240 e. The number of nitrogens with zero attached hydrogens (tertiary/aromatic N) is 2. The molecule has 0 radical (unpaired) electrons. The number of fused-ring (bicyclic) bond motifs is 1. The SMILES string of the molecule is COCc1cccc(S(=O)(=O)NCCCN(C)c2nsc3ccccc23)c1. The summed E-state index contributed by atoms with van der Waals surface area (Å²) in [5, 5.41) is 1.13. The van der Waals surface area contributed by atoms with Crippen molar-refractivity contribution in [1.29, 1.82) is 0 Å². The lowest BCUT2D eigenvalue weighted by molar-refractivity contribution is 0.184. The summed E-state index contributed by atoms with van der Waals surface area (Å²) in [7, 11) is 0.0360. The molecular formula is C19H23N3O3S2. The zero-order valence-electron chi connectivity index (χ0n) is 15.4. The third-order valence-corrected chi connectivity index (χ3v) is 6.48. The Morgan fingerprint density at radius 2 is 2.00 bits per heavy atom. The van der Waals surface area contributed by atoms with Gasteiger partial charge in [0.1, 0.15) is 5.82 Å². The zero-order chi connectivity index (χ0) is 19.3. The van der Waals surface area contributed by atoms with Crippen LogP contribution < -0.4 is 9.62 Å². The van der Waals surface area contributed by atoms with E-state index in [9.17, 15) is 8.42 Å². The molecule has 0 aliphatic heterocycles. The van der Waals surface area contributed by atoms with Gasteiger partial charge in [0.25, 0.3) is 0 Å². The van der Waals surface area contributed by atoms with E-state index in [0.29, 0.717) is 26.1 Å². The molecule has 27 heavy (non-hydrogen) atoms. The Balaban J connectivity index is 1.55. The second kappa shape index (κ2) is 8.79. The molecule has 0 aliphatic carbocycles. The van der Waals surface area contributed by atoms with Gasteiger partial charge in [-0.05, 0) is 47.8 Å². The zero-order valence-corrected chi connectivity index (χ0v) is 17.0. The number of sulfonamides is 1. The molecule has 0 fully saturated rings. The lowest BCUT2D eigenvalue weighted by atomic mass is 10.2. The maximum Gasteiger partial charge on any atom is 0.240 e. The van der Waals surface area contributed by atoms with Gasteiger partial charge in [0, 0.05) is 32.6 Å². The summed E-state index contributed by atoms with van der Waals surface area (Å²) in [4.78, 5) is 2.32. The van der Waals surface area contributed by atoms with Crippen molar-refractivity contribution in [2.45, 2.75) is 17.9 Å². The molecule has 1 heterocycles. The maximum absolute atomic E-state index is 12.5. The topological polar surface area (TPSA) is 71.5 Å². The quantitative estimate of drug-likeness (QED) is 0.553. The largest absolute Gasteiger partial charge is 0.380 e. The van der Waals surface area contributed by atoms with Crippen molar-refractivity contribution >= 4 is 37.5 Å². The van der Waals surface area contributed by atoms with Crippen molar-refractivity contribution < 1.29 is 13.2 Å². The molecule has 0 aliphatic rings. The second-order valence-electron chi connectivity index (χ2n) is 6.26. The molecule has 0 bridgehead atoms. The minimum atomic E-state index is -3.53. The minimum absolute atomic E-state index is 0.260.